The van der Waals surface area contributed by atoms with E-state index < -0.39 is 5.60 Å². The Morgan fingerprint density at radius 1 is 1.31 bits per heavy atom. The highest BCUT2D eigenvalue weighted by Gasteiger charge is 2.27. The average molecular weight is 242 g/mol. The Labute approximate surface area is 101 Å². The molecule has 1 aromatic carbocycles. The van der Waals surface area contributed by atoms with Crippen LogP contribution in [0.1, 0.15) is 20.8 Å². The largest absolute Gasteiger partial charge is 0.479 e. The maximum Gasteiger partial charge on any atom is 0.225 e. The van der Waals surface area contributed by atoms with E-state index in [1.807, 2.05) is 6.92 Å². The maximum absolute atomic E-state index is 7.71. The lowest BCUT2D eigenvalue weighted by Crippen LogP contribution is -2.39. The molecule has 0 saturated carbocycles. The second-order valence-corrected chi connectivity index (χ2v) is 4.26. The summed E-state index contributed by atoms with van der Waals surface area (Å²) in [5.41, 5.74) is -0.774. The van der Waals surface area contributed by atoms with Crippen LogP contribution < -0.4 is 4.74 Å². The van der Waals surface area contributed by atoms with Gasteiger partial charge in [0.2, 0.25) is 5.90 Å². The lowest BCUT2D eigenvalue weighted by atomic mass is 10.1. The third-order valence-electron chi connectivity index (χ3n) is 2.02. The molecule has 0 aliphatic carbocycles. The predicted octanol–water partition coefficient (Wildman–Crippen LogP) is 3.51. The number of nitrogens with one attached hydrogen (secondary N) is 1. The Kier molecular flexibility index (Phi) is 4.19. The molecule has 0 atom stereocenters. The van der Waals surface area contributed by atoms with Gasteiger partial charge in [-0.1, -0.05) is 11.6 Å². The highest BCUT2D eigenvalue weighted by molar-refractivity contribution is 6.30. The molecule has 4 heteroatoms. The molecule has 3 nitrogen and oxygen atoms in total. The number of ether oxygens (including phenoxy) is 2. The van der Waals surface area contributed by atoms with Crippen molar-refractivity contribution >= 4 is 17.5 Å². The lowest BCUT2D eigenvalue weighted by Gasteiger charge is -2.26. The minimum atomic E-state index is -0.774. The van der Waals surface area contributed by atoms with Crippen LogP contribution in [0.2, 0.25) is 5.02 Å². The summed E-state index contributed by atoms with van der Waals surface area (Å²) in [6.07, 6.45) is 0. The summed E-state index contributed by atoms with van der Waals surface area (Å²) in [6.45, 7) is 5.89. The van der Waals surface area contributed by atoms with Gasteiger partial charge in [-0.2, -0.15) is 0 Å². The number of rotatable bonds is 4. The first-order chi connectivity index (χ1) is 7.45. The van der Waals surface area contributed by atoms with E-state index >= 15 is 0 Å². The summed E-state index contributed by atoms with van der Waals surface area (Å²) in [4.78, 5) is 0. The van der Waals surface area contributed by atoms with Crippen LogP contribution in [0.3, 0.4) is 0 Å². The highest BCUT2D eigenvalue weighted by Crippen LogP contribution is 2.21. The summed E-state index contributed by atoms with van der Waals surface area (Å²) in [6, 6.07) is 7.03. The number of hydrogen-bond donors (Lipinski definition) is 1. The SMILES string of the molecule is CCOC(=N)C(C)(C)Oc1ccc(Cl)cc1. The molecule has 0 amide bonds. The van der Waals surface area contributed by atoms with E-state index in [0.717, 1.165) is 0 Å². The van der Waals surface area contributed by atoms with Crippen LogP contribution in [0.5, 0.6) is 5.75 Å². The summed E-state index contributed by atoms with van der Waals surface area (Å²) in [5.74, 6) is 0.781. The monoisotopic (exact) mass is 241 g/mol. The van der Waals surface area contributed by atoms with Gasteiger partial charge in [-0.05, 0) is 45.0 Å². The standard InChI is InChI=1S/C12H16ClNO2/c1-4-15-11(14)12(2,3)16-10-7-5-9(13)6-8-10/h5-8,14H,4H2,1-3H3. The maximum atomic E-state index is 7.71. The first kappa shape index (κ1) is 12.8. The molecule has 1 aromatic rings. The molecule has 0 saturated heterocycles. The zero-order valence-corrected chi connectivity index (χ0v) is 10.5. The normalized spacial score (nSPS) is 11.0. The molecular formula is C12H16ClNO2. The molecule has 0 fully saturated rings. The third-order valence-corrected chi connectivity index (χ3v) is 2.27. The smallest absolute Gasteiger partial charge is 0.225 e. The van der Waals surface area contributed by atoms with Gasteiger partial charge < -0.3 is 9.47 Å². The zero-order valence-electron chi connectivity index (χ0n) is 9.71. The van der Waals surface area contributed by atoms with Crippen LogP contribution >= 0.6 is 11.6 Å². The quantitative estimate of drug-likeness (QED) is 0.648. The summed E-state index contributed by atoms with van der Waals surface area (Å²) >= 11 is 5.77. The summed E-state index contributed by atoms with van der Waals surface area (Å²) in [7, 11) is 0. The van der Waals surface area contributed by atoms with Gasteiger partial charge in [0, 0.05) is 5.02 Å². The van der Waals surface area contributed by atoms with Gasteiger partial charge in [-0.3, -0.25) is 5.41 Å². The van der Waals surface area contributed by atoms with Crippen molar-refractivity contribution in [3.8, 4) is 5.75 Å². The van der Waals surface area contributed by atoms with Crippen LogP contribution in [0.25, 0.3) is 0 Å². The highest BCUT2D eigenvalue weighted by atomic mass is 35.5. The second kappa shape index (κ2) is 5.21. The van der Waals surface area contributed by atoms with Crippen LogP contribution in [0.4, 0.5) is 0 Å². The van der Waals surface area contributed by atoms with Gasteiger partial charge in [0.05, 0.1) is 6.61 Å². The molecule has 0 heterocycles. The van der Waals surface area contributed by atoms with Crippen molar-refractivity contribution in [2.75, 3.05) is 6.61 Å². The third kappa shape index (κ3) is 3.42. The molecule has 0 aliphatic heterocycles. The molecule has 0 aliphatic rings. The Morgan fingerprint density at radius 3 is 2.38 bits per heavy atom. The minimum absolute atomic E-state index is 0.116. The molecule has 1 N–H and O–H groups in total. The van der Waals surface area contributed by atoms with E-state index in [1.54, 1.807) is 38.1 Å². The van der Waals surface area contributed by atoms with Crippen LogP contribution in [-0.2, 0) is 4.74 Å². The molecule has 0 radical (unpaired) electrons. The first-order valence-corrected chi connectivity index (χ1v) is 5.50. The van der Waals surface area contributed by atoms with Gasteiger partial charge in [0.15, 0.2) is 5.60 Å². The topological polar surface area (TPSA) is 42.3 Å². The fraction of sp³-hybridized carbons (Fsp3) is 0.417. The number of benzene rings is 1. The van der Waals surface area contributed by atoms with Gasteiger partial charge in [-0.25, -0.2) is 0 Å². The van der Waals surface area contributed by atoms with Crippen molar-refractivity contribution in [3.05, 3.63) is 29.3 Å². The number of halogens is 1. The van der Waals surface area contributed by atoms with Crippen molar-refractivity contribution in [3.63, 3.8) is 0 Å². The van der Waals surface area contributed by atoms with E-state index in [1.165, 1.54) is 0 Å². The molecular weight excluding hydrogens is 226 g/mol. The number of hydrogen-bond acceptors (Lipinski definition) is 3. The van der Waals surface area contributed by atoms with Crippen molar-refractivity contribution < 1.29 is 9.47 Å². The predicted molar refractivity (Wildman–Crippen MR) is 65.5 cm³/mol. The first-order valence-electron chi connectivity index (χ1n) is 5.12. The van der Waals surface area contributed by atoms with E-state index in [9.17, 15) is 0 Å². The Balaban J connectivity index is 2.72. The summed E-state index contributed by atoms with van der Waals surface area (Å²) < 4.78 is 10.8. The van der Waals surface area contributed by atoms with E-state index in [-0.39, 0.29) is 5.90 Å². The molecule has 0 bridgehead atoms. The molecule has 0 spiro atoms. The van der Waals surface area contributed by atoms with Crippen LogP contribution in [-0.4, -0.2) is 18.1 Å². The molecule has 88 valence electrons. The minimum Gasteiger partial charge on any atom is -0.479 e. The molecule has 16 heavy (non-hydrogen) atoms. The van der Waals surface area contributed by atoms with E-state index in [2.05, 4.69) is 0 Å². The van der Waals surface area contributed by atoms with Gasteiger partial charge in [0.25, 0.3) is 0 Å². The fourth-order valence-electron chi connectivity index (χ4n) is 1.16. The fourth-order valence-corrected chi connectivity index (χ4v) is 1.29. The Hall–Kier alpha value is -1.22. The van der Waals surface area contributed by atoms with Crippen LogP contribution in [0.15, 0.2) is 24.3 Å². The van der Waals surface area contributed by atoms with Crippen molar-refractivity contribution in [1.82, 2.24) is 0 Å². The van der Waals surface area contributed by atoms with Gasteiger partial charge in [-0.15, -0.1) is 0 Å². The average Bonchev–Trinajstić information content (AvgIpc) is 2.21. The Bertz CT molecular complexity index is 360. The van der Waals surface area contributed by atoms with Crippen molar-refractivity contribution in [1.29, 1.82) is 5.41 Å². The zero-order chi connectivity index (χ0) is 12.2. The van der Waals surface area contributed by atoms with Crippen LogP contribution in [0, 0.1) is 5.41 Å². The van der Waals surface area contributed by atoms with E-state index in [4.69, 9.17) is 26.5 Å². The van der Waals surface area contributed by atoms with Crippen molar-refractivity contribution in [2.45, 2.75) is 26.4 Å². The van der Waals surface area contributed by atoms with Gasteiger partial charge >= 0.3 is 0 Å². The molecule has 0 unspecified atom stereocenters. The Morgan fingerprint density at radius 2 is 1.88 bits per heavy atom. The van der Waals surface area contributed by atoms with E-state index in [0.29, 0.717) is 17.4 Å². The second-order valence-electron chi connectivity index (χ2n) is 3.83. The van der Waals surface area contributed by atoms with Crippen molar-refractivity contribution in [2.24, 2.45) is 0 Å². The summed E-state index contributed by atoms with van der Waals surface area (Å²) in [5, 5.41) is 8.37. The van der Waals surface area contributed by atoms with Gasteiger partial charge in [0.1, 0.15) is 5.75 Å². The lowest BCUT2D eigenvalue weighted by molar-refractivity contribution is 0.138. The molecule has 0 aromatic heterocycles. The molecule has 1 rings (SSSR count).